The maximum absolute atomic E-state index is 12.0. The van der Waals surface area contributed by atoms with Gasteiger partial charge in [-0.2, -0.15) is 0 Å². The van der Waals surface area contributed by atoms with Gasteiger partial charge in [0.2, 0.25) is 0 Å². The van der Waals surface area contributed by atoms with Gasteiger partial charge in [-0.1, -0.05) is 23.5 Å². The highest BCUT2D eigenvalue weighted by atomic mass is 32.1. The molecule has 0 N–H and O–H groups in total. The zero-order valence-corrected chi connectivity index (χ0v) is 12.9. The summed E-state index contributed by atoms with van der Waals surface area (Å²) in [4.78, 5) is 34.4. The molecule has 3 rings (SSSR count). The van der Waals surface area contributed by atoms with Crippen molar-refractivity contribution in [3.05, 3.63) is 63.8 Å². The normalized spacial score (nSPS) is 10.6. The Morgan fingerprint density at radius 2 is 1.87 bits per heavy atom. The predicted octanol–water partition coefficient (Wildman–Crippen LogP) is 2.87. The summed E-state index contributed by atoms with van der Waals surface area (Å²) < 4.78 is 7.68. The van der Waals surface area contributed by atoms with Crippen LogP contribution in [0, 0.1) is 0 Å². The number of nitrogens with zero attached hydrogens (tertiary/aromatic N) is 1. The topological polar surface area (TPSA) is 65.4 Å². The van der Waals surface area contributed by atoms with Gasteiger partial charge in [-0.25, -0.2) is 0 Å². The number of benzene rings is 2. The van der Waals surface area contributed by atoms with Crippen molar-refractivity contribution in [2.75, 3.05) is 0 Å². The lowest BCUT2D eigenvalue weighted by Crippen LogP contribution is -2.17. The summed E-state index contributed by atoms with van der Waals surface area (Å²) in [6, 6.07) is 13.7. The summed E-state index contributed by atoms with van der Waals surface area (Å²) in [7, 11) is 0. The van der Waals surface area contributed by atoms with E-state index < -0.39 is 5.97 Å². The smallest absolute Gasteiger partial charge is 0.312 e. The number of aldehydes is 1. The second-order valence-electron chi connectivity index (χ2n) is 4.90. The molecule has 3 aromatic rings. The second-order valence-corrected chi connectivity index (χ2v) is 5.89. The number of aryl methyl sites for hydroxylation is 1. The average molecular weight is 327 g/mol. The number of fused-ring (bicyclic) bond motifs is 1. The van der Waals surface area contributed by atoms with Crippen LogP contribution >= 0.6 is 11.3 Å². The van der Waals surface area contributed by atoms with Gasteiger partial charge in [0, 0.05) is 12.1 Å². The van der Waals surface area contributed by atoms with Gasteiger partial charge >= 0.3 is 10.8 Å². The summed E-state index contributed by atoms with van der Waals surface area (Å²) in [5.41, 5.74) is 1.34. The molecule has 1 aromatic heterocycles. The number of esters is 1. The molecule has 0 aliphatic rings. The number of hydrogen-bond donors (Lipinski definition) is 0. The highest BCUT2D eigenvalue weighted by Gasteiger charge is 2.10. The first-order chi connectivity index (χ1) is 11.2. The molecule has 0 fully saturated rings. The maximum atomic E-state index is 12.0. The second kappa shape index (κ2) is 6.58. The minimum Gasteiger partial charge on any atom is -0.426 e. The van der Waals surface area contributed by atoms with Gasteiger partial charge in [0.1, 0.15) is 12.0 Å². The summed E-state index contributed by atoms with van der Waals surface area (Å²) in [5, 5.41) is 0. The highest BCUT2D eigenvalue weighted by Crippen LogP contribution is 2.17. The van der Waals surface area contributed by atoms with Crippen molar-refractivity contribution in [3.63, 3.8) is 0 Å². The van der Waals surface area contributed by atoms with Crippen molar-refractivity contribution < 1.29 is 14.3 Å². The van der Waals surface area contributed by atoms with E-state index in [0.717, 1.165) is 27.8 Å². The summed E-state index contributed by atoms with van der Waals surface area (Å²) in [6.07, 6.45) is 0.815. The van der Waals surface area contributed by atoms with Gasteiger partial charge in [-0.3, -0.25) is 19.0 Å². The first kappa shape index (κ1) is 15.2. The molecule has 5 nitrogen and oxygen atoms in total. The quantitative estimate of drug-likeness (QED) is 0.411. The number of ether oxygens (including phenoxy) is 1. The van der Waals surface area contributed by atoms with Crippen LogP contribution in [0.5, 0.6) is 5.75 Å². The van der Waals surface area contributed by atoms with Crippen LogP contribution in [0.25, 0.3) is 10.2 Å². The van der Waals surface area contributed by atoms with Crippen molar-refractivity contribution in [1.29, 1.82) is 0 Å². The first-order valence-corrected chi connectivity index (χ1v) is 7.83. The SMILES string of the molecule is O=Cc1ccc(OC(=O)CCn2c(=O)sc3ccccc32)cc1. The van der Waals surface area contributed by atoms with Gasteiger partial charge in [-0.15, -0.1) is 0 Å². The zero-order valence-electron chi connectivity index (χ0n) is 12.1. The van der Waals surface area contributed by atoms with Gasteiger partial charge in [0.25, 0.3) is 0 Å². The maximum Gasteiger partial charge on any atom is 0.312 e. The Bertz CT molecular complexity index is 908. The Morgan fingerprint density at radius 1 is 1.13 bits per heavy atom. The standard InChI is InChI=1S/C17H13NO4S/c19-11-12-5-7-13(8-6-12)22-16(20)9-10-18-14-3-1-2-4-15(14)23-17(18)21/h1-8,11H,9-10H2. The van der Waals surface area contributed by atoms with E-state index in [9.17, 15) is 14.4 Å². The number of carbonyl (C=O) groups is 2. The molecule has 0 aliphatic carbocycles. The molecule has 116 valence electrons. The molecule has 0 unspecified atom stereocenters. The van der Waals surface area contributed by atoms with Crippen LogP contribution in [-0.4, -0.2) is 16.8 Å². The fraction of sp³-hybridized carbons (Fsp3) is 0.118. The monoisotopic (exact) mass is 327 g/mol. The summed E-state index contributed by atoms with van der Waals surface area (Å²) in [6.45, 7) is 0.272. The first-order valence-electron chi connectivity index (χ1n) is 7.01. The van der Waals surface area contributed by atoms with Gasteiger partial charge in [-0.05, 0) is 36.4 Å². The Labute approximate surface area is 135 Å². The van der Waals surface area contributed by atoms with Crippen molar-refractivity contribution in [2.45, 2.75) is 13.0 Å². The number of carbonyl (C=O) groups excluding carboxylic acids is 2. The molecule has 1 heterocycles. The largest absolute Gasteiger partial charge is 0.426 e. The van der Waals surface area contributed by atoms with Crippen molar-refractivity contribution in [3.8, 4) is 5.75 Å². The van der Waals surface area contributed by atoms with Crippen LogP contribution in [0.15, 0.2) is 53.3 Å². The molecule has 0 spiro atoms. The van der Waals surface area contributed by atoms with E-state index in [4.69, 9.17) is 4.74 Å². The Hall–Kier alpha value is -2.73. The molecule has 0 amide bonds. The van der Waals surface area contributed by atoms with Crippen LogP contribution in [-0.2, 0) is 11.3 Å². The fourth-order valence-corrected chi connectivity index (χ4v) is 3.14. The highest BCUT2D eigenvalue weighted by molar-refractivity contribution is 7.16. The fourth-order valence-electron chi connectivity index (χ4n) is 2.23. The van der Waals surface area contributed by atoms with Gasteiger partial charge < -0.3 is 4.74 Å². The van der Waals surface area contributed by atoms with E-state index in [0.29, 0.717) is 11.3 Å². The van der Waals surface area contributed by atoms with Crippen LogP contribution in [0.4, 0.5) is 0 Å². The molecule has 0 aliphatic heterocycles. The van der Waals surface area contributed by atoms with E-state index in [2.05, 4.69) is 0 Å². The molecule has 2 aromatic carbocycles. The van der Waals surface area contributed by atoms with E-state index in [1.54, 1.807) is 28.8 Å². The van der Waals surface area contributed by atoms with Crippen LogP contribution in [0.2, 0.25) is 0 Å². The average Bonchev–Trinajstić information content (AvgIpc) is 2.89. The third-order valence-electron chi connectivity index (χ3n) is 3.36. The van der Waals surface area contributed by atoms with Gasteiger partial charge in [0.05, 0.1) is 16.6 Å². The van der Waals surface area contributed by atoms with E-state index in [1.165, 1.54) is 0 Å². The van der Waals surface area contributed by atoms with Crippen LogP contribution in [0.1, 0.15) is 16.8 Å². The van der Waals surface area contributed by atoms with E-state index >= 15 is 0 Å². The molecule has 23 heavy (non-hydrogen) atoms. The van der Waals surface area contributed by atoms with E-state index in [1.807, 2.05) is 24.3 Å². The predicted molar refractivity (Wildman–Crippen MR) is 88.2 cm³/mol. The minimum absolute atomic E-state index is 0.0886. The van der Waals surface area contributed by atoms with E-state index in [-0.39, 0.29) is 17.8 Å². The molecule has 0 saturated carbocycles. The number of aromatic nitrogens is 1. The summed E-state index contributed by atoms with van der Waals surface area (Å²) in [5.74, 6) is -0.0471. The molecule has 0 atom stereocenters. The molecular formula is C17H13NO4S. The third-order valence-corrected chi connectivity index (χ3v) is 4.32. The number of para-hydroxylation sites is 1. The molecule has 6 heteroatoms. The van der Waals surface area contributed by atoms with Crippen molar-refractivity contribution in [2.24, 2.45) is 0 Å². The third kappa shape index (κ3) is 3.37. The zero-order chi connectivity index (χ0) is 16.2. The van der Waals surface area contributed by atoms with Gasteiger partial charge in [0.15, 0.2) is 0 Å². The van der Waals surface area contributed by atoms with Crippen molar-refractivity contribution >= 4 is 33.8 Å². The van der Waals surface area contributed by atoms with Crippen molar-refractivity contribution in [1.82, 2.24) is 4.57 Å². The summed E-state index contributed by atoms with van der Waals surface area (Å²) >= 11 is 1.16. The number of hydrogen-bond acceptors (Lipinski definition) is 5. The number of rotatable bonds is 5. The Balaban J connectivity index is 1.67. The Kier molecular flexibility index (Phi) is 4.34. The molecule has 0 radical (unpaired) electrons. The van der Waals surface area contributed by atoms with Crippen LogP contribution < -0.4 is 9.61 Å². The minimum atomic E-state index is -0.425. The van der Waals surface area contributed by atoms with Crippen LogP contribution in [0.3, 0.4) is 0 Å². The molecular weight excluding hydrogens is 314 g/mol. The Morgan fingerprint density at radius 3 is 2.61 bits per heavy atom. The molecule has 0 bridgehead atoms. The lowest BCUT2D eigenvalue weighted by atomic mass is 10.2. The lowest BCUT2D eigenvalue weighted by molar-refractivity contribution is -0.134. The molecule has 0 saturated heterocycles. The lowest BCUT2D eigenvalue weighted by Gasteiger charge is -2.05. The number of thiazole rings is 1.